The summed E-state index contributed by atoms with van der Waals surface area (Å²) in [5, 5.41) is 0. The standard InChI is InChI=1S/C15H22FNO/c1-18-10-12-5-6-14(16)13(9-12)15(11-17)7-3-2-4-8-15/h5-6,9H,2-4,7-8,10-11,17H2,1H3. The van der Waals surface area contributed by atoms with Gasteiger partial charge in [-0.2, -0.15) is 0 Å². The van der Waals surface area contributed by atoms with Crippen LogP contribution in [0.1, 0.15) is 43.2 Å². The minimum atomic E-state index is -0.161. The summed E-state index contributed by atoms with van der Waals surface area (Å²) in [5.41, 5.74) is 7.62. The lowest BCUT2D eigenvalue weighted by atomic mass is 9.69. The van der Waals surface area contributed by atoms with E-state index in [-0.39, 0.29) is 11.2 Å². The molecule has 2 rings (SSSR count). The minimum Gasteiger partial charge on any atom is -0.380 e. The highest BCUT2D eigenvalue weighted by atomic mass is 19.1. The van der Waals surface area contributed by atoms with Gasteiger partial charge in [0.1, 0.15) is 5.82 Å². The monoisotopic (exact) mass is 251 g/mol. The Balaban J connectivity index is 2.36. The van der Waals surface area contributed by atoms with Crippen LogP contribution in [0.25, 0.3) is 0 Å². The highest BCUT2D eigenvalue weighted by Gasteiger charge is 2.34. The van der Waals surface area contributed by atoms with E-state index in [1.807, 2.05) is 6.07 Å². The summed E-state index contributed by atoms with van der Waals surface area (Å²) < 4.78 is 19.3. The lowest BCUT2D eigenvalue weighted by Crippen LogP contribution is -2.38. The molecule has 0 aliphatic heterocycles. The van der Waals surface area contributed by atoms with E-state index in [1.54, 1.807) is 19.2 Å². The van der Waals surface area contributed by atoms with Crippen LogP contribution < -0.4 is 5.73 Å². The van der Waals surface area contributed by atoms with Crippen molar-refractivity contribution in [1.82, 2.24) is 0 Å². The van der Waals surface area contributed by atoms with Gasteiger partial charge in [-0.1, -0.05) is 25.3 Å². The van der Waals surface area contributed by atoms with Crippen molar-refractivity contribution in [2.45, 2.75) is 44.1 Å². The molecule has 0 saturated heterocycles. The van der Waals surface area contributed by atoms with Crippen molar-refractivity contribution in [3.8, 4) is 0 Å². The molecule has 0 bridgehead atoms. The van der Waals surface area contributed by atoms with Gasteiger partial charge in [0.2, 0.25) is 0 Å². The van der Waals surface area contributed by atoms with Crippen LogP contribution in [0.2, 0.25) is 0 Å². The Hall–Kier alpha value is -0.930. The number of benzene rings is 1. The molecule has 2 nitrogen and oxygen atoms in total. The molecule has 0 amide bonds. The molecule has 0 unspecified atom stereocenters. The Morgan fingerprint density at radius 2 is 2.00 bits per heavy atom. The Bertz CT molecular complexity index is 399. The third kappa shape index (κ3) is 2.57. The molecule has 1 aromatic rings. The van der Waals surface area contributed by atoms with Gasteiger partial charge < -0.3 is 10.5 Å². The van der Waals surface area contributed by atoms with E-state index < -0.39 is 0 Å². The van der Waals surface area contributed by atoms with Gasteiger partial charge in [-0.05, 0) is 36.1 Å². The summed E-state index contributed by atoms with van der Waals surface area (Å²) in [5.74, 6) is -0.123. The predicted molar refractivity (Wildman–Crippen MR) is 70.9 cm³/mol. The summed E-state index contributed by atoms with van der Waals surface area (Å²) in [7, 11) is 1.66. The van der Waals surface area contributed by atoms with E-state index in [4.69, 9.17) is 10.5 Å². The molecule has 0 atom stereocenters. The number of hydrogen-bond acceptors (Lipinski definition) is 2. The van der Waals surface area contributed by atoms with Gasteiger partial charge in [0, 0.05) is 19.1 Å². The van der Waals surface area contributed by atoms with Gasteiger partial charge in [-0.15, -0.1) is 0 Å². The Morgan fingerprint density at radius 1 is 1.28 bits per heavy atom. The van der Waals surface area contributed by atoms with Crippen LogP contribution in [0, 0.1) is 5.82 Å². The summed E-state index contributed by atoms with van der Waals surface area (Å²) in [6, 6.07) is 5.28. The summed E-state index contributed by atoms with van der Waals surface area (Å²) in [6.07, 6.45) is 5.52. The molecular weight excluding hydrogens is 229 g/mol. The van der Waals surface area contributed by atoms with Gasteiger partial charge in [-0.3, -0.25) is 0 Å². The highest BCUT2D eigenvalue weighted by Crippen LogP contribution is 2.40. The topological polar surface area (TPSA) is 35.2 Å². The molecule has 1 aliphatic rings. The maximum Gasteiger partial charge on any atom is 0.127 e. The van der Waals surface area contributed by atoms with Crippen LogP contribution in [0.4, 0.5) is 4.39 Å². The summed E-state index contributed by atoms with van der Waals surface area (Å²) in [6.45, 7) is 1.05. The fourth-order valence-corrected chi connectivity index (χ4v) is 3.05. The zero-order valence-corrected chi connectivity index (χ0v) is 11.0. The van der Waals surface area contributed by atoms with Gasteiger partial charge >= 0.3 is 0 Å². The molecule has 18 heavy (non-hydrogen) atoms. The zero-order valence-electron chi connectivity index (χ0n) is 11.0. The van der Waals surface area contributed by atoms with Crippen molar-refractivity contribution in [2.24, 2.45) is 5.73 Å². The van der Waals surface area contributed by atoms with Crippen molar-refractivity contribution in [1.29, 1.82) is 0 Å². The summed E-state index contributed by atoms with van der Waals surface area (Å²) in [4.78, 5) is 0. The van der Waals surface area contributed by atoms with E-state index >= 15 is 0 Å². The molecule has 1 fully saturated rings. The largest absolute Gasteiger partial charge is 0.380 e. The third-order valence-electron chi connectivity index (χ3n) is 4.11. The second-order valence-corrected chi connectivity index (χ2v) is 5.29. The fourth-order valence-electron chi connectivity index (χ4n) is 3.05. The SMILES string of the molecule is COCc1ccc(F)c(C2(CN)CCCCC2)c1. The van der Waals surface area contributed by atoms with Crippen LogP contribution in [-0.2, 0) is 16.8 Å². The van der Waals surface area contributed by atoms with Gasteiger partial charge in [0.25, 0.3) is 0 Å². The molecule has 1 aliphatic carbocycles. The van der Waals surface area contributed by atoms with E-state index in [0.717, 1.165) is 36.8 Å². The van der Waals surface area contributed by atoms with Crippen LogP contribution in [0.5, 0.6) is 0 Å². The van der Waals surface area contributed by atoms with Crippen LogP contribution in [-0.4, -0.2) is 13.7 Å². The Morgan fingerprint density at radius 3 is 2.61 bits per heavy atom. The molecule has 0 radical (unpaired) electrons. The number of rotatable bonds is 4. The first-order chi connectivity index (χ1) is 8.72. The molecule has 0 aromatic heterocycles. The van der Waals surface area contributed by atoms with Gasteiger partial charge in [-0.25, -0.2) is 4.39 Å². The first-order valence-electron chi connectivity index (χ1n) is 6.70. The number of halogens is 1. The summed E-state index contributed by atoms with van der Waals surface area (Å²) >= 11 is 0. The number of ether oxygens (including phenoxy) is 1. The highest BCUT2D eigenvalue weighted by molar-refractivity contribution is 5.32. The van der Waals surface area contributed by atoms with Gasteiger partial charge in [0.05, 0.1) is 6.61 Å². The average molecular weight is 251 g/mol. The second-order valence-electron chi connectivity index (χ2n) is 5.29. The lowest BCUT2D eigenvalue weighted by molar-refractivity contribution is 0.184. The van der Waals surface area contributed by atoms with Crippen molar-refractivity contribution in [2.75, 3.05) is 13.7 Å². The van der Waals surface area contributed by atoms with Crippen LogP contribution in [0.15, 0.2) is 18.2 Å². The quantitative estimate of drug-likeness (QED) is 0.892. The van der Waals surface area contributed by atoms with Crippen molar-refractivity contribution in [3.05, 3.63) is 35.1 Å². The Labute approximate surface area is 108 Å². The maximum absolute atomic E-state index is 14.1. The molecular formula is C15H22FNO. The van der Waals surface area contributed by atoms with Gasteiger partial charge in [0.15, 0.2) is 0 Å². The predicted octanol–water partition coefficient (Wildman–Crippen LogP) is 3.13. The molecule has 100 valence electrons. The third-order valence-corrected chi connectivity index (χ3v) is 4.11. The molecule has 0 heterocycles. The van der Waals surface area contributed by atoms with E-state index in [2.05, 4.69) is 0 Å². The average Bonchev–Trinajstić information content (AvgIpc) is 2.42. The minimum absolute atomic E-state index is 0.123. The first kappa shape index (κ1) is 13.5. The van der Waals surface area contributed by atoms with E-state index in [9.17, 15) is 4.39 Å². The molecule has 2 N–H and O–H groups in total. The van der Waals surface area contributed by atoms with Crippen molar-refractivity contribution < 1.29 is 9.13 Å². The van der Waals surface area contributed by atoms with Crippen molar-refractivity contribution in [3.63, 3.8) is 0 Å². The fraction of sp³-hybridized carbons (Fsp3) is 0.600. The molecule has 0 spiro atoms. The van der Waals surface area contributed by atoms with E-state index in [0.29, 0.717) is 13.2 Å². The zero-order chi connectivity index (χ0) is 13.0. The van der Waals surface area contributed by atoms with Crippen LogP contribution in [0.3, 0.4) is 0 Å². The first-order valence-corrected chi connectivity index (χ1v) is 6.70. The van der Waals surface area contributed by atoms with Crippen molar-refractivity contribution >= 4 is 0 Å². The molecule has 1 aromatic carbocycles. The maximum atomic E-state index is 14.1. The van der Waals surface area contributed by atoms with E-state index in [1.165, 1.54) is 6.42 Å². The normalized spacial score (nSPS) is 18.8. The lowest BCUT2D eigenvalue weighted by Gasteiger charge is -2.37. The number of nitrogens with two attached hydrogens (primary N) is 1. The number of hydrogen-bond donors (Lipinski definition) is 1. The molecule has 3 heteroatoms. The number of methoxy groups -OCH3 is 1. The smallest absolute Gasteiger partial charge is 0.127 e. The molecule has 1 saturated carbocycles. The van der Waals surface area contributed by atoms with Crippen LogP contribution >= 0.6 is 0 Å². The Kier molecular flexibility index (Phi) is 4.36. The second kappa shape index (κ2) is 5.81.